The van der Waals surface area contributed by atoms with Gasteiger partial charge in [-0.2, -0.15) is 5.10 Å². The third-order valence-electron chi connectivity index (χ3n) is 5.76. The summed E-state index contributed by atoms with van der Waals surface area (Å²) in [5, 5.41) is 4.91. The van der Waals surface area contributed by atoms with Gasteiger partial charge in [0.25, 0.3) is 15.9 Å². The minimum absolute atomic E-state index is 0.00429. The van der Waals surface area contributed by atoms with Crippen molar-refractivity contribution in [3.8, 4) is 5.69 Å². The third kappa shape index (κ3) is 5.91. The Kier molecular flexibility index (Phi) is 8.20. The number of halogens is 3. The van der Waals surface area contributed by atoms with Gasteiger partial charge in [-0.1, -0.05) is 41.4 Å². The lowest BCUT2D eigenvalue weighted by atomic mass is 10.2. The molecule has 0 radical (unpaired) electrons. The highest BCUT2D eigenvalue weighted by Crippen LogP contribution is 2.27. The Bertz CT molecular complexity index is 1610. The summed E-state index contributed by atoms with van der Waals surface area (Å²) in [6.45, 7) is 3.24. The molecular formula is C27H23Cl2FN4O3S. The SMILES string of the molecule is Cc1cc(/C=N/NC(=O)CN(c2ccc(F)cc2)S(=O)(=O)c2ccccc2)c(C)n1-c1ccc(Cl)c(Cl)c1. The number of anilines is 1. The van der Waals surface area contributed by atoms with Crippen LogP contribution in [0.25, 0.3) is 5.69 Å². The molecule has 0 saturated heterocycles. The lowest BCUT2D eigenvalue weighted by Crippen LogP contribution is -2.39. The van der Waals surface area contributed by atoms with Gasteiger partial charge in [-0.05, 0) is 74.5 Å². The quantitative estimate of drug-likeness (QED) is 0.211. The van der Waals surface area contributed by atoms with E-state index in [0.717, 1.165) is 39.1 Å². The molecule has 0 spiro atoms. The van der Waals surface area contributed by atoms with E-state index >= 15 is 0 Å². The molecule has 196 valence electrons. The van der Waals surface area contributed by atoms with Crippen LogP contribution in [0.15, 0.2) is 88.9 Å². The van der Waals surface area contributed by atoms with Gasteiger partial charge < -0.3 is 4.57 Å². The van der Waals surface area contributed by atoms with Crippen molar-refractivity contribution in [2.24, 2.45) is 5.10 Å². The molecule has 1 heterocycles. The Hall–Kier alpha value is -3.66. The standard InChI is InChI=1S/C27H23Cl2FN4O3S/c1-18-14-20(19(2)34(18)23-12-13-25(28)26(29)15-23)16-31-32-27(35)17-33(22-10-8-21(30)9-11-22)38(36,37)24-6-4-3-5-7-24/h3-16H,17H2,1-2H3,(H,32,35)/b31-16+. The van der Waals surface area contributed by atoms with Crippen LogP contribution in [0.3, 0.4) is 0 Å². The molecule has 0 aliphatic rings. The summed E-state index contributed by atoms with van der Waals surface area (Å²) in [5.41, 5.74) is 5.83. The van der Waals surface area contributed by atoms with Gasteiger partial charge in [0, 0.05) is 22.6 Å². The highest BCUT2D eigenvalue weighted by Gasteiger charge is 2.27. The Morgan fingerprint density at radius 2 is 1.68 bits per heavy atom. The lowest BCUT2D eigenvalue weighted by Gasteiger charge is -2.23. The Labute approximate surface area is 230 Å². The lowest BCUT2D eigenvalue weighted by molar-refractivity contribution is -0.119. The molecular weight excluding hydrogens is 550 g/mol. The van der Waals surface area contributed by atoms with Crippen molar-refractivity contribution >= 4 is 51.0 Å². The maximum absolute atomic E-state index is 13.5. The number of hydrogen-bond donors (Lipinski definition) is 1. The van der Waals surface area contributed by atoms with E-state index in [1.165, 1.54) is 30.5 Å². The molecule has 0 saturated carbocycles. The molecule has 4 aromatic rings. The van der Waals surface area contributed by atoms with E-state index in [2.05, 4.69) is 10.5 Å². The fraction of sp³-hybridized carbons (Fsp3) is 0.111. The van der Waals surface area contributed by atoms with Gasteiger partial charge >= 0.3 is 0 Å². The second-order valence-electron chi connectivity index (χ2n) is 8.35. The molecule has 7 nitrogen and oxygen atoms in total. The van der Waals surface area contributed by atoms with E-state index in [4.69, 9.17) is 23.2 Å². The molecule has 1 amide bonds. The molecule has 0 aliphatic heterocycles. The summed E-state index contributed by atoms with van der Waals surface area (Å²) in [6, 6.07) is 19.7. The van der Waals surface area contributed by atoms with Crippen molar-refractivity contribution in [2.75, 3.05) is 10.8 Å². The molecule has 3 aromatic carbocycles. The van der Waals surface area contributed by atoms with Crippen LogP contribution in [0.4, 0.5) is 10.1 Å². The maximum atomic E-state index is 13.5. The van der Waals surface area contributed by atoms with Crippen molar-refractivity contribution in [3.63, 3.8) is 0 Å². The van der Waals surface area contributed by atoms with Crippen LogP contribution < -0.4 is 9.73 Å². The van der Waals surface area contributed by atoms with Crippen LogP contribution in [0.2, 0.25) is 10.0 Å². The second kappa shape index (κ2) is 11.4. The number of carbonyl (C=O) groups is 1. The molecule has 0 atom stereocenters. The monoisotopic (exact) mass is 572 g/mol. The van der Waals surface area contributed by atoms with E-state index in [1.54, 1.807) is 30.3 Å². The number of aromatic nitrogens is 1. The molecule has 11 heteroatoms. The number of benzene rings is 3. The summed E-state index contributed by atoms with van der Waals surface area (Å²) >= 11 is 12.2. The summed E-state index contributed by atoms with van der Waals surface area (Å²) in [7, 11) is -4.11. The van der Waals surface area contributed by atoms with Gasteiger partial charge in [0.1, 0.15) is 12.4 Å². The Balaban J connectivity index is 1.54. The second-order valence-corrected chi connectivity index (χ2v) is 11.0. The van der Waals surface area contributed by atoms with Gasteiger partial charge in [0.15, 0.2) is 0 Å². The predicted molar refractivity (Wildman–Crippen MR) is 148 cm³/mol. The first-order chi connectivity index (χ1) is 18.1. The fourth-order valence-corrected chi connectivity index (χ4v) is 5.66. The molecule has 1 aromatic heterocycles. The number of carbonyl (C=O) groups excluding carboxylic acids is 1. The van der Waals surface area contributed by atoms with E-state index in [-0.39, 0.29) is 10.6 Å². The zero-order valence-electron chi connectivity index (χ0n) is 20.4. The summed E-state index contributed by atoms with van der Waals surface area (Å²) < 4.78 is 43.0. The first-order valence-corrected chi connectivity index (χ1v) is 13.6. The highest BCUT2D eigenvalue weighted by atomic mass is 35.5. The van der Waals surface area contributed by atoms with Crippen LogP contribution in [-0.4, -0.2) is 31.7 Å². The minimum atomic E-state index is -4.11. The van der Waals surface area contributed by atoms with E-state index in [0.29, 0.717) is 10.0 Å². The Morgan fingerprint density at radius 1 is 1.00 bits per heavy atom. The van der Waals surface area contributed by atoms with Gasteiger partial charge in [-0.15, -0.1) is 0 Å². The number of rotatable bonds is 8. The number of hydrogen-bond acceptors (Lipinski definition) is 4. The van der Waals surface area contributed by atoms with E-state index < -0.39 is 28.3 Å². The molecule has 0 aliphatic carbocycles. The smallest absolute Gasteiger partial charge is 0.264 e. The molecule has 4 rings (SSSR count). The van der Waals surface area contributed by atoms with Crippen molar-refractivity contribution in [2.45, 2.75) is 18.7 Å². The van der Waals surface area contributed by atoms with Crippen LogP contribution in [0.1, 0.15) is 17.0 Å². The number of amides is 1. The molecule has 0 fully saturated rings. The number of aryl methyl sites for hydroxylation is 1. The average molecular weight is 573 g/mol. The number of nitrogens with zero attached hydrogens (tertiary/aromatic N) is 3. The summed E-state index contributed by atoms with van der Waals surface area (Å²) in [5.74, 6) is -1.21. The van der Waals surface area contributed by atoms with Crippen molar-refractivity contribution < 1.29 is 17.6 Å². The van der Waals surface area contributed by atoms with Crippen LogP contribution >= 0.6 is 23.2 Å². The van der Waals surface area contributed by atoms with Crippen LogP contribution in [-0.2, 0) is 14.8 Å². The van der Waals surface area contributed by atoms with Crippen LogP contribution in [0, 0.1) is 19.7 Å². The number of hydrazone groups is 1. The predicted octanol–water partition coefficient (Wildman–Crippen LogP) is 5.89. The summed E-state index contributed by atoms with van der Waals surface area (Å²) in [4.78, 5) is 12.8. The molecule has 0 bridgehead atoms. The largest absolute Gasteiger partial charge is 0.318 e. The molecule has 0 unspecified atom stereocenters. The average Bonchev–Trinajstić information content (AvgIpc) is 3.18. The van der Waals surface area contributed by atoms with E-state index in [9.17, 15) is 17.6 Å². The normalized spacial score (nSPS) is 11.6. The third-order valence-corrected chi connectivity index (χ3v) is 8.28. The van der Waals surface area contributed by atoms with Crippen molar-refractivity contribution in [3.05, 3.63) is 112 Å². The molecule has 38 heavy (non-hydrogen) atoms. The van der Waals surface area contributed by atoms with Gasteiger partial charge in [-0.3, -0.25) is 9.10 Å². The first-order valence-electron chi connectivity index (χ1n) is 11.4. The first kappa shape index (κ1) is 27.4. The van der Waals surface area contributed by atoms with Crippen LogP contribution in [0.5, 0.6) is 0 Å². The number of sulfonamides is 1. The minimum Gasteiger partial charge on any atom is -0.318 e. The van der Waals surface area contributed by atoms with Crippen molar-refractivity contribution in [1.82, 2.24) is 9.99 Å². The van der Waals surface area contributed by atoms with Crippen molar-refractivity contribution in [1.29, 1.82) is 0 Å². The van der Waals surface area contributed by atoms with Gasteiger partial charge in [0.05, 0.1) is 26.8 Å². The zero-order chi connectivity index (χ0) is 27.4. The zero-order valence-corrected chi connectivity index (χ0v) is 22.7. The molecule has 1 N–H and O–H groups in total. The van der Waals surface area contributed by atoms with E-state index in [1.807, 2.05) is 30.5 Å². The Morgan fingerprint density at radius 3 is 2.34 bits per heavy atom. The fourth-order valence-electron chi connectivity index (χ4n) is 3.92. The number of nitrogens with one attached hydrogen (secondary N) is 1. The summed E-state index contributed by atoms with van der Waals surface area (Å²) in [6.07, 6.45) is 1.47. The maximum Gasteiger partial charge on any atom is 0.264 e. The van der Waals surface area contributed by atoms with Gasteiger partial charge in [0.2, 0.25) is 0 Å². The highest BCUT2D eigenvalue weighted by molar-refractivity contribution is 7.92. The van der Waals surface area contributed by atoms with Gasteiger partial charge in [-0.25, -0.2) is 18.2 Å². The topological polar surface area (TPSA) is 83.8 Å².